The van der Waals surface area contributed by atoms with E-state index in [2.05, 4.69) is 20.7 Å². The Labute approximate surface area is 110 Å². The summed E-state index contributed by atoms with van der Waals surface area (Å²) in [5.74, 6) is -0.0626. The van der Waals surface area contributed by atoms with Crippen molar-refractivity contribution in [3.05, 3.63) is 28.2 Å². The third-order valence-electron chi connectivity index (χ3n) is 1.89. The molecule has 0 atom stereocenters. The van der Waals surface area contributed by atoms with Crippen LogP contribution in [0.1, 0.15) is 17.3 Å². The minimum atomic E-state index is -4.40. The molecule has 0 fully saturated rings. The third-order valence-corrected chi connectivity index (χ3v) is 2.38. The Balaban J connectivity index is 2.61. The molecule has 0 amide bonds. The largest absolute Gasteiger partial charge is 0.467 e. The molecule has 0 saturated carbocycles. The lowest BCUT2D eigenvalue weighted by molar-refractivity contribution is -0.186. The van der Waals surface area contributed by atoms with Crippen molar-refractivity contribution in [2.45, 2.75) is 13.1 Å². The molecular formula is C11H10BrF3O3. The zero-order valence-corrected chi connectivity index (χ0v) is 11.0. The molecule has 0 saturated heterocycles. The highest BCUT2D eigenvalue weighted by Gasteiger charge is 2.27. The van der Waals surface area contributed by atoms with Gasteiger partial charge in [0.2, 0.25) is 0 Å². The van der Waals surface area contributed by atoms with Gasteiger partial charge in [0.15, 0.2) is 12.6 Å². The first-order valence-electron chi connectivity index (χ1n) is 4.87. The SMILES string of the molecule is CC(=O)c1ccc(Br)cc1OCOCC(F)(F)F. The summed E-state index contributed by atoms with van der Waals surface area (Å²) in [7, 11) is 0. The maximum atomic E-state index is 11.8. The van der Waals surface area contributed by atoms with E-state index in [4.69, 9.17) is 4.74 Å². The van der Waals surface area contributed by atoms with Crippen LogP contribution in [-0.2, 0) is 4.74 Å². The van der Waals surface area contributed by atoms with Crippen molar-refractivity contribution in [1.82, 2.24) is 0 Å². The number of halogens is 4. The number of alkyl halides is 3. The van der Waals surface area contributed by atoms with Gasteiger partial charge in [0, 0.05) is 4.47 Å². The molecule has 1 rings (SSSR count). The maximum absolute atomic E-state index is 11.8. The Kier molecular flexibility index (Phi) is 5.15. The number of rotatable bonds is 5. The fourth-order valence-corrected chi connectivity index (χ4v) is 1.51. The predicted molar refractivity (Wildman–Crippen MR) is 61.6 cm³/mol. The summed E-state index contributed by atoms with van der Waals surface area (Å²) in [6.45, 7) is -0.626. The van der Waals surface area contributed by atoms with Crippen LogP contribution in [0, 0.1) is 0 Å². The Morgan fingerprint density at radius 2 is 2.06 bits per heavy atom. The van der Waals surface area contributed by atoms with Crippen molar-refractivity contribution in [3.8, 4) is 5.75 Å². The number of hydrogen-bond acceptors (Lipinski definition) is 3. The van der Waals surface area contributed by atoms with Crippen LogP contribution in [0.15, 0.2) is 22.7 Å². The summed E-state index contributed by atoms with van der Waals surface area (Å²) in [6.07, 6.45) is -4.40. The summed E-state index contributed by atoms with van der Waals surface area (Å²) in [5, 5.41) is 0. The molecular weight excluding hydrogens is 317 g/mol. The average Bonchev–Trinajstić information content (AvgIpc) is 2.22. The smallest absolute Gasteiger partial charge is 0.411 e. The van der Waals surface area contributed by atoms with Crippen molar-refractivity contribution in [2.75, 3.05) is 13.4 Å². The van der Waals surface area contributed by atoms with Crippen LogP contribution in [0.2, 0.25) is 0 Å². The molecule has 0 radical (unpaired) electrons. The molecule has 0 aliphatic carbocycles. The number of ketones is 1. The van der Waals surface area contributed by atoms with Gasteiger partial charge in [-0.25, -0.2) is 0 Å². The first-order valence-corrected chi connectivity index (χ1v) is 5.66. The Bertz CT molecular complexity index is 432. The number of hydrogen-bond donors (Lipinski definition) is 0. The van der Waals surface area contributed by atoms with Crippen molar-refractivity contribution < 1.29 is 27.4 Å². The van der Waals surface area contributed by atoms with Crippen molar-refractivity contribution >= 4 is 21.7 Å². The fourth-order valence-electron chi connectivity index (χ4n) is 1.17. The van der Waals surface area contributed by atoms with E-state index in [1.54, 1.807) is 6.07 Å². The lowest BCUT2D eigenvalue weighted by Crippen LogP contribution is -2.19. The highest BCUT2D eigenvalue weighted by atomic mass is 79.9. The van der Waals surface area contributed by atoms with Crippen LogP contribution in [0.4, 0.5) is 13.2 Å². The minimum absolute atomic E-state index is 0.180. The van der Waals surface area contributed by atoms with Crippen LogP contribution < -0.4 is 4.74 Å². The normalized spacial score (nSPS) is 11.4. The van der Waals surface area contributed by atoms with Crippen molar-refractivity contribution in [1.29, 1.82) is 0 Å². The molecule has 0 spiro atoms. The second-order valence-corrected chi connectivity index (χ2v) is 4.34. The van der Waals surface area contributed by atoms with Gasteiger partial charge in [-0.3, -0.25) is 4.79 Å². The first kappa shape index (κ1) is 15.0. The van der Waals surface area contributed by atoms with Gasteiger partial charge in [-0.2, -0.15) is 13.2 Å². The molecule has 0 N–H and O–H groups in total. The van der Waals surface area contributed by atoms with Crippen molar-refractivity contribution in [2.24, 2.45) is 0 Å². The zero-order chi connectivity index (χ0) is 13.8. The minimum Gasteiger partial charge on any atom is -0.467 e. The van der Waals surface area contributed by atoms with E-state index in [0.29, 0.717) is 4.47 Å². The fraction of sp³-hybridized carbons (Fsp3) is 0.364. The van der Waals surface area contributed by atoms with Gasteiger partial charge < -0.3 is 9.47 Å². The highest BCUT2D eigenvalue weighted by Crippen LogP contribution is 2.24. The standard InChI is InChI=1S/C11H10BrF3O3/c1-7(16)9-3-2-8(12)4-10(9)18-6-17-5-11(13,14)15/h2-4H,5-6H2,1H3. The lowest BCUT2D eigenvalue weighted by Gasteiger charge is -2.11. The van der Waals surface area contributed by atoms with Crippen LogP contribution >= 0.6 is 15.9 Å². The highest BCUT2D eigenvalue weighted by molar-refractivity contribution is 9.10. The number of Topliss-reactive ketones (excluding diaryl/α,β-unsaturated/α-hetero) is 1. The zero-order valence-electron chi connectivity index (χ0n) is 9.38. The van der Waals surface area contributed by atoms with Gasteiger partial charge in [-0.1, -0.05) is 15.9 Å². The first-order chi connectivity index (χ1) is 8.29. The van der Waals surface area contributed by atoms with Crippen LogP contribution in [-0.4, -0.2) is 25.4 Å². The Hall–Kier alpha value is -1.08. The molecule has 1 aromatic rings. The molecule has 0 unspecified atom stereocenters. The summed E-state index contributed by atoms with van der Waals surface area (Å²) in [6, 6.07) is 4.65. The molecule has 18 heavy (non-hydrogen) atoms. The number of carbonyl (C=O) groups is 1. The van der Waals surface area contributed by atoms with E-state index < -0.39 is 19.6 Å². The van der Waals surface area contributed by atoms with Gasteiger partial charge in [0.25, 0.3) is 0 Å². The van der Waals surface area contributed by atoms with Crippen molar-refractivity contribution in [3.63, 3.8) is 0 Å². The molecule has 7 heteroatoms. The van der Waals surface area contributed by atoms with Gasteiger partial charge in [0.1, 0.15) is 12.4 Å². The predicted octanol–water partition coefficient (Wildman–Crippen LogP) is 3.57. The Morgan fingerprint density at radius 3 is 2.61 bits per heavy atom. The molecule has 100 valence electrons. The molecule has 0 aromatic heterocycles. The lowest BCUT2D eigenvalue weighted by atomic mass is 10.1. The molecule has 0 aliphatic rings. The number of carbonyl (C=O) groups excluding carboxylic acids is 1. The molecule has 0 aliphatic heterocycles. The van der Waals surface area contributed by atoms with Gasteiger partial charge in [-0.05, 0) is 25.1 Å². The maximum Gasteiger partial charge on any atom is 0.411 e. The van der Waals surface area contributed by atoms with Gasteiger partial charge >= 0.3 is 6.18 Å². The van der Waals surface area contributed by atoms with E-state index in [1.165, 1.54) is 19.1 Å². The van der Waals surface area contributed by atoms with Crippen LogP contribution in [0.3, 0.4) is 0 Å². The molecule has 3 nitrogen and oxygen atoms in total. The number of ether oxygens (including phenoxy) is 2. The van der Waals surface area contributed by atoms with Gasteiger partial charge in [-0.15, -0.1) is 0 Å². The second-order valence-electron chi connectivity index (χ2n) is 3.42. The topological polar surface area (TPSA) is 35.5 Å². The van der Waals surface area contributed by atoms with E-state index in [0.717, 1.165) is 0 Å². The molecule has 1 aromatic carbocycles. The number of benzene rings is 1. The quantitative estimate of drug-likeness (QED) is 0.471. The summed E-state index contributed by atoms with van der Waals surface area (Å²) in [5.41, 5.74) is 0.286. The van der Waals surface area contributed by atoms with E-state index >= 15 is 0 Å². The second kappa shape index (κ2) is 6.19. The van der Waals surface area contributed by atoms with E-state index in [9.17, 15) is 18.0 Å². The third kappa shape index (κ3) is 5.05. The molecule has 0 bridgehead atoms. The Morgan fingerprint density at radius 1 is 1.39 bits per heavy atom. The van der Waals surface area contributed by atoms with E-state index in [-0.39, 0.29) is 17.1 Å². The summed E-state index contributed by atoms with van der Waals surface area (Å²) < 4.78 is 45.4. The monoisotopic (exact) mass is 326 g/mol. The summed E-state index contributed by atoms with van der Waals surface area (Å²) >= 11 is 3.17. The molecule has 0 heterocycles. The van der Waals surface area contributed by atoms with Crippen LogP contribution in [0.5, 0.6) is 5.75 Å². The average molecular weight is 327 g/mol. The summed E-state index contributed by atoms with van der Waals surface area (Å²) in [4.78, 5) is 11.3. The van der Waals surface area contributed by atoms with Gasteiger partial charge in [0.05, 0.1) is 5.56 Å². The van der Waals surface area contributed by atoms with Crippen LogP contribution in [0.25, 0.3) is 0 Å². The van der Waals surface area contributed by atoms with E-state index in [1.807, 2.05) is 0 Å².